The summed E-state index contributed by atoms with van der Waals surface area (Å²) in [4.78, 5) is 12.1. The van der Waals surface area contributed by atoms with Gasteiger partial charge in [0.2, 0.25) is 5.91 Å². The molecular weight excluding hydrogens is 282 g/mol. The third-order valence-corrected chi connectivity index (χ3v) is 4.03. The van der Waals surface area contributed by atoms with Gasteiger partial charge in [0.05, 0.1) is 0 Å². The van der Waals surface area contributed by atoms with E-state index in [9.17, 15) is 4.79 Å². The van der Waals surface area contributed by atoms with Crippen molar-refractivity contribution in [2.24, 2.45) is 0 Å². The summed E-state index contributed by atoms with van der Waals surface area (Å²) < 4.78 is 0. The van der Waals surface area contributed by atoms with Gasteiger partial charge >= 0.3 is 0 Å². The first-order valence-corrected chi connectivity index (χ1v) is 7.46. The first-order chi connectivity index (χ1) is 9.97. The molecule has 0 aliphatic heterocycles. The summed E-state index contributed by atoms with van der Waals surface area (Å²) in [5.41, 5.74) is 5.23. The number of anilines is 1. The fourth-order valence-corrected chi connectivity index (χ4v) is 2.47. The lowest BCUT2D eigenvalue weighted by Gasteiger charge is -2.11. The Balaban J connectivity index is 1.97. The van der Waals surface area contributed by atoms with Gasteiger partial charge in [-0.2, -0.15) is 0 Å². The molecule has 21 heavy (non-hydrogen) atoms. The molecule has 1 amide bonds. The lowest BCUT2D eigenvalue weighted by molar-refractivity contribution is -0.116. The molecule has 0 aliphatic rings. The van der Waals surface area contributed by atoms with Crippen LogP contribution in [0.2, 0.25) is 5.02 Å². The largest absolute Gasteiger partial charge is 0.326 e. The number of rotatable bonds is 4. The molecule has 0 fully saturated rings. The highest BCUT2D eigenvalue weighted by Crippen LogP contribution is 2.20. The van der Waals surface area contributed by atoms with Crippen molar-refractivity contribution >= 4 is 23.2 Å². The van der Waals surface area contributed by atoms with E-state index in [0.29, 0.717) is 12.8 Å². The van der Waals surface area contributed by atoms with Crippen molar-refractivity contribution < 1.29 is 4.79 Å². The Kier molecular flexibility index (Phi) is 5.03. The van der Waals surface area contributed by atoms with E-state index >= 15 is 0 Å². The third-order valence-electron chi connectivity index (χ3n) is 3.62. The monoisotopic (exact) mass is 301 g/mol. The maximum atomic E-state index is 12.1. The predicted octanol–water partition coefficient (Wildman–Crippen LogP) is 4.84. The molecule has 0 radical (unpaired) electrons. The van der Waals surface area contributed by atoms with E-state index in [1.807, 2.05) is 57.2 Å². The van der Waals surface area contributed by atoms with Gasteiger partial charge in [0, 0.05) is 17.1 Å². The Bertz CT molecular complexity index is 644. The van der Waals surface area contributed by atoms with E-state index in [1.165, 1.54) is 0 Å². The maximum Gasteiger partial charge on any atom is 0.224 e. The molecule has 110 valence electrons. The number of benzene rings is 2. The number of hydrogen-bond donors (Lipinski definition) is 1. The topological polar surface area (TPSA) is 29.1 Å². The van der Waals surface area contributed by atoms with Gasteiger partial charge in [0.1, 0.15) is 0 Å². The van der Waals surface area contributed by atoms with Gasteiger partial charge in [-0.25, -0.2) is 0 Å². The number of halogens is 1. The van der Waals surface area contributed by atoms with Gasteiger partial charge in [-0.15, -0.1) is 0 Å². The van der Waals surface area contributed by atoms with Crippen LogP contribution in [0.3, 0.4) is 0 Å². The van der Waals surface area contributed by atoms with Crippen molar-refractivity contribution in [3.8, 4) is 0 Å². The fourth-order valence-electron chi connectivity index (χ4n) is 2.26. The minimum Gasteiger partial charge on any atom is -0.326 e. The Hall–Kier alpha value is -1.80. The Morgan fingerprint density at radius 3 is 2.33 bits per heavy atom. The second-order valence-corrected chi connectivity index (χ2v) is 5.81. The molecule has 1 N–H and O–H groups in total. The maximum absolute atomic E-state index is 12.1. The minimum absolute atomic E-state index is 0.0316. The van der Waals surface area contributed by atoms with Crippen LogP contribution in [0.1, 0.15) is 28.7 Å². The highest BCUT2D eigenvalue weighted by Gasteiger charge is 2.08. The van der Waals surface area contributed by atoms with Crippen molar-refractivity contribution in [2.75, 3.05) is 5.32 Å². The average molecular weight is 302 g/mol. The van der Waals surface area contributed by atoms with Gasteiger partial charge in [-0.3, -0.25) is 4.79 Å². The average Bonchev–Trinajstić information content (AvgIpc) is 2.44. The van der Waals surface area contributed by atoms with E-state index in [0.717, 1.165) is 33.0 Å². The summed E-state index contributed by atoms with van der Waals surface area (Å²) in [6.45, 7) is 5.98. The summed E-state index contributed by atoms with van der Waals surface area (Å²) in [6, 6.07) is 11.9. The minimum atomic E-state index is 0.0316. The standard InChI is InChI=1S/C18H20ClNO/c1-12-7-8-15(11-16(12)19)9-10-17(21)20-18-13(2)5-4-6-14(18)3/h4-8,11H,9-10H2,1-3H3,(H,20,21). The van der Waals surface area contributed by atoms with E-state index in [1.54, 1.807) is 0 Å². The molecular formula is C18H20ClNO. The molecule has 0 aromatic heterocycles. The first kappa shape index (κ1) is 15.6. The number of nitrogens with one attached hydrogen (secondary N) is 1. The molecule has 0 bridgehead atoms. The van der Waals surface area contributed by atoms with E-state index in [4.69, 9.17) is 11.6 Å². The number of hydrogen-bond acceptors (Lipinski definition) is 1. The predicted molar refractivity (Wildman–Crippen MR) is 89.1 cm³/mol. The van der Waals surface area contributed by atoms with Crippen LogP contribution in [-0.4, -0.2) is 5.91 Å². The van der Waals surface area contributed by atoms with Crippen LogP contribution in [0.25, 0.3) is 0 Å². The Morgan fingerprint density at radius 2 is 1.71 bits per heavy atom. The van der Waals surface area contributed by atoms with E-state index in [2.05, 4.69) is 5.32 Å². The molecule has 2 rings (SSSR count). The number of aryl methyl sites for hydroxylation is 4. The SMILES string of the molecule is Cc1ccc(CCC(=O)Nc2c(C)cccc2C)cc1Cl. The normalized spacial score (nSPS) is 10.5. The van der Waals surface area contributed by atoms with Crippen LogP contribution in [0.4, 0.5) is 5.69 Å². The van der Waals surface area contributed by atoms with Crippen LogP contribution < -0.4 is 5.32 Å². The van der Waals surface area contributed by atoms with Crippen molar-refractivity contribution in [1.82, 2.24) is 0 Å². The molecule has 2 nitrogen and oxygen atoms in total. The smallest absolute Gasteiger partial charge is 0.224 e. The van der Waals surface area contributed by atoms with Gasteiger partial charge in [-0.1, -0.05) is 41.9 Å². The molecule has 2 aromatic carbocycles. The number of carbonyl (C=O) groups excluding carboxylic acids is 1. The Morgan fingerprint density at radius 1 is 1.05 bits per heavy atom. The molecule has 3 heteroatoms. The van der Waals surface area contributed by atoms with Crippen LogP contribution in [0.5, 0.6) is 0 Å². The zero-order chi connectivity index (χ0) is 15.4. The molecule has 0 atom stereocenters. The van der Waals surface area contributed by atoms with Crippen molar-refractivity contribution in [3.63, 3.8) is 0 Å². The van der Waals surface area contributed by atoms with Crippen LogP contribution in [-0.2, 0) is 11.2 Å². The van der Waals surface area contributed by atoms with Crippen molar-refractivity contribution in [1.29, 1.82) is 0 Å². The summed E-state index contributed by atoms with van der Waals surface area (Å²) >= 11 is 6.10. The highest BCUT2D eigenvalue weighted by molar-refractivity contribution is 6.31. The highest BCUT2D eigenvalue weighted by atomic mass is 35.5. The molecule has 0 heterocycles. The second kappa shape index (κ2) is 6.77. The van der Waals surface area contributed by atoms with Crippen LogP contribution >= 0.6 is 11.6 Å². The summed E-state index contributed by atoms with van der Waals surface area (Å²) in [5, 5.41) is 3.76. The Labute approximate surface area is 131 Å². The molecule has 0 aliphatic carbocycles. The number of carbonyl (C=O) groups is 1. The van der Waals surface area contributed by atoms with Crippen LogP contribution in [0, 0.1) is 20.8 Å². The lowest BCUT2D eigenvalue weighted by atomic mass is 10.1. The van der Waals surface area contributed by atoms with Crippen molar-refractivity contribution in [2.45, 2.75) is 33.6 Å². The van der Waals surface area contributed by atoms with Crippen LogP contribution in [0.15, 0.2) is 36.4 Å². The summed E-state index contributed by atoms with van der Waals surface area (Å²) in [5.74, 6) is 0.0316. The summed E-state index contributed by atoms with van der Waals surface area (Å²) in [6.07, 6.45) is 1.14. The second-order valence-electron chi connectivity index (χ2n) is 5.40. The number of amides is 1. The first-order valence-electron chi connectivity index (χ1n) is 7.08. The van der Waals surface area contributed by atoms with E-state index < -0.39 is 0 Å². The quantitative estimate of drug-likeness (QED) is 0.860. The van der Waals surface area contributed by atoms with Gasteiger partial charge in [0.25, 0.3) is 0 Å². The zero-order valence-electron chi connectivity index (χ0n) is 12.7. The summed E-state index contributed by atoms with van der Waals surface area (Å²) in [7, 11) is 0. The fraction of sp³-hybridized carbons (Fsp3) is 0.278. The molecule has 0 unspecified atom stereocenters. The lowest BCUT2D eigenvalue weighted by Crippen LogP contribution is -2.14. The molecule has 0 saturated carbocycles. The number of para-hydroxylation sites is 1. The zero-order valence-corrected chi connectivity index (χ0v) is 13.4. The van der Waals surface area contributed by atoms with Gasteiger partial charge < -0.3 is 5.32 Å². The molecule has 2 aromatic rings. The third kappa shape index (κ3) is 4.08. The molecule has 0 saturated heterocycles. The van der Waals surface area contributed by atoms with Gasteiger partial charge in [-0.05, 0) is 55.5 Å². The van der Waals surface area contributed by atoms with Crippen molar-refractivity contribution in [3.05, 3.63) is 63.7 Å². The molecule has 0 spiro atoms. The van der Waals surface area contributed by atoms with E-state index in [-0.39, 0.29) is 5.91 Å². The van der Waals surface area contributed by atoms with Gasteiger partial charge in [0.15, 0.2) is 0 Å².